The van der Waals surface area contributed by atoms with Gasteiger partial charge in [0.15, 0.2) is 0 Å². The summed E-state index contributed by atoms with van der Waals surface area (Å²) in [4.78, 5) is 15.2. The Hall–Kier alpha value is -1.88. The third kappa shape index (κ3) is 2.04. The average Bonchev–Trinajstić information content (AvgIpc) is 2.74. The molecule has 0 spiro atoms. The molecule has 1 aromatic heterocycles. The molecule has 2 aromatic rings. The second-order valence-corrected chi connectivity index (χ2v) is 4.16. The van der Waals surface area contributed by atoms with Gasteiger partial charge in [-0.05, 0) is 17.7 Å². The van der Waals surface area contributed by atoms with Crippen molar-refractivity contribution in [1.82, 2.24) is 4.98 Å². The minimum atomic E-state index is -0.944. The number of carboxylic acid groups (broad SMARTS) is 1. The van der Waals surface area contributed by atoms with Crippen LogP contribution in [0.4, 0.5) is 0 Å². The lowest BCUT2D eigenvalue weighted by Gasteiger charge is -2.09. The highest BCUT2D eigenvalue weighted by Crippen LogP contribution is 2.27. The fourth-order valence-electron chi connectivity index (χ4n) is 1.43. The van der Waals surface area contributed by atoms with Gasteiger partial charge in [-0.3, -0.25) is 4.79 Å². The number of phenolic OH excluding ortho intramolecular Hbond substituents is 1. The second kappa shape index (κ2) is 4.32. The number of phenols is 1. The second-order valence-electron chi connectivity index (χ2n) is 3.23. The van der Waals surface area contributed by atoms with Crippen LogP contribution in [-0.4, -0.2) is 21.2 Å². The molecule has 0 radical (unpaired) electrons. The van der Waals surface area contributed by atoms with Crippen molar-refractivity contribution >= 4 is 17.3 Å². The van der Waals surface area contributed by atoms with Gasteiger partial charge >= 0.3 is 5.97 Å². The first-order chi connectivity index (χ1) is 7.68. The minimum Gasteiger partial charge on any atom is -0.508 e. The van der Waals surface area contributed by atoms with E-state index in [1.54, 1.807) is 23.7 Å². The Kier molecular flexibility index (Phi) is 2.87. The Morgan fingerprint density at radius 2 is 2.00 bits per heavy atom. The van der Waals surface area contributed by atoms with Crippen LogP contribution in [0.3, 0.4) is 0 Å². The number of aromatic hydroxyl groups is 1. The van der Waals surface area contributed by atoms with E-state index in [1.165, 1.54) is 23.5 Å². The van der Waals surface area contributed by atoms with Crippen molar-refractivity contribution < 1.29 is 15.0 Å². The predicted octanol–water partition coefficient (Wildman–Crippen LogP) is 2.07. The Bertz CT molecular complexity index is 478. The zero-order valence-corrected chi connectivity index (χ0v) is 9.02. The van der Waals surface area contributed by atoms with Crippen LogP contribution in [-0.2, 0) is 4.79 Å². The number of hydrogen-bond acceptors (Lipinski definition) is 4. The maximum atomic E-state index is 11.2. The standard InChI is InChI=1S/C11H9NO3S/c13-8-3-1-7(2-4-8)9(11(14)15)10-12-5-6-16-10/h1-6,9,13H,(H,14,15). The molecule has 5 heteroatoms. The van der Waals surface area contributed by atoms with Gasteiger partial charge < -0.3 is 10.2 Å². The third-order valence-electron chi connectivity index (χ3n) is 2.17. The van der Waals surface area contributed by atoms with Crippen LogP contribution in [0, 0.1) is 0 Å². The summed E-state index contributed by atoms with van der Waals surface area (Å²) in [7, 11) is 0. The Labute approximate surface area is 95.8 Å². The summed E-state index contributed by atoms with van der Waals surface area (Å²) in [6.45, 7) is 0. The van der Waals surface area contributed by atoms with Crippen LogP contribution in [0.1, 0.15) is 16.5 Å². The van der Waals surface area contributed by atoms with Crippen molar-refractivity contribution in [2.45, 2.75) is 5.92 Å². The molecule has 0 amide bonds. The predicted molar refractivity (Wildman–Crippen MR) is 59.7 cm³/mol. The smallest absolute Gasteiger partial charge is 0.317 e. The van der Waals surface area contributed by atoms with Crippen LogP contribution >= 0.6 is 11.3 Å². The highest BCUT2D eigenvalue weighted by Gasteiger charge is 2.24. The zero-order valence-electron chi connectivity index (χ0n) is 8.20. The largest absolute Gasteiger partial charge is 0.508 e. The molecule has 4 nitrogen and oxygen atoms in total. The van der Waals surface area contributed by atoms with E-state index in [1.807, 2.05) is 0 Å². The van der Waals surface area contributed by atoms with Gasteiger partial charge in [-0.25, -0.2) is 4.98 Å². The van der Waals surface area contributed by atoms with E-state index in [2.05, 4.69) is 4.98 Å². The molecule has 0 bridgehead atoms. The first-order valence-corrected chi connectivity index (χ1v) is 5.47. The molecular formula is C11H9NO3S. The summed E-state index contributed by atoms with van der Waals surface area (Å²) < 4.78 is 0. The first kappa shape index (κ1) is 10.6. The van der Waals surface area contributed by atoms with Crippen LogP contribution in [0.2, 0.25) is 0 Å². The molecule has 0 saturated heterocycles. The Morgan fingerprint density at radius 3 is 2.50 bits per heavy atom. The number of rotatable bonds is 3. The van der Waals surface area contributed by atoms with Crippen molar-refractivity contribution in [3.05, 3.63) is 46.4 Å². The van der Waals surface area contributed by atoms with Gasteiger partial charge in [0.05, 0.1) is 0 Å². The summed E-state index contributed by atoms with van der Waals surface area (Å²) in [5.74, 6) is -1.59. The van der Waals surface area contributed by atoms with Gasteiger partial charge in [0, 0.05) is 11.6 Å². The summed E-state index contributed by atoms with van der Waals surface area (Å²) in [6.07, 6.45) is 1.58. The van der Waals surface area contributed by atoms with Crippen LogP contribution < -0.4 is 0 Å². The molecule has 0 aliphatic rings. The van der Waals surface area contributed by atoms with Gasteiger partial charge in [-0.2, -0.15) is 0 Å². The van der Waals surface area contributed by atoms with Gasteiger partial charge in [-0.15, -0.1) is 11.3 Å². The summed E-state index contributed by atoms with van der Waals surface area (Å²) >= 11 is 1.30. The molecule has 1 heterocycles. The minimum absolute atomic E-state index is 0.118. The number of carbonyl (C=O) groups is 1. The number of nitrogens with zero attached hydrogens (tertiary/aromatic N) is 1. The van der Waals surface area contributed by atoms with Crippen LogP contribution in [0.25, 0.3) is 0 Å². The highest BCUT2D eigenvalue weighted by atomic mass is 32.1. The van der Waals surface area contributed by atoms with E-state index < -0.39 is 11.9 Å². The number of aromatic nitrogens is 1. The average molecular weight is 235 g/mol. The molecular weight excluding hydrogens is 226 g/mol. The van der Waals surface area contributed by atoms with E-state index in [9.17, 15) is 9.90 Å². The monoisotopic (exact) mass is 235 g/mol. The highest BCUT2D eigenvalue weighted by molar-refractivity contribution is 7.09. The quantitative estimate of drug-likeness (QED) is 0.854. The molecule has 1 aromatic carbocycles. The lowest BCUT2D eigenvalue weighted by molar-refractivity contribution is -0.137. The fourth-order valence-corrected chi connectivity index (χ4v) is 2.19. The molecule has 2 rings (SSSR count). The van der Waals surface area contributed by atoms with E-state index in [4.69, 9.17) is 5.11 Å². The SMILES string of the molecule is O=C(O)C(c1ccc(O)cc1)c1nccs1. The van der Waals surface area contributed by atoms with Gasteiger partial charge in [-0.1, -0.05) is 12.1 Å². The summed E-state index contributed by atoms with van der Waals surface area (Å²) in [6, 6.07) is 6.13. The van der Waals surface area contributed by atoms with Crippen molar-refractivity contribution in [1.29, 1.82) is 0 Å². The molecule has 1 atom stereocenters. The first-order valence-electron chi connectivity index (χ1n) is 4.59. The van der Waals surface area contributed by atoms with Crippen molar-refractivity contribution in [3.8, 4) is 5.75 Å². The van der Waals surface area contributed by atoms with Crippen molar-refractivity contribution in [3.63, 3.8) is 0 Å². The topological polar surface area (TPSA) is 70.4 Å². The molecule has 0 saturated carbocycles. The molecule has 16 heavy (non-hydrogen) atoms. The summed E-state index contributed by atoms with van der Waals surface area (Å²) in [5.41, 5.74) is 0.611. The molecule has 0 fully saturated rings. The number of hydrogen-bond donors (Lipinski definition) is 2. The number of aliphatic carboxylic acids is 1. The molecule has 82 valence electrons. The lowest BCUT2D eigenvalue weighted by Crippen LogP contribution is -2.12. The van der Waals surface area contributed by atoms with E-state index in [-0.39, 0.29) is 5.75 Å². The van der Waals surface area contributed by atoms with Crippen LogP contribution in [0.15, 0.2) is 35.8 Å². The zero-order chi connectivity index (χ0) is 11.5. The normalized spacial score (nSPS) is 12.2. The maximum Gasteiger partial charge on any atom is 0.317 e. The number of thiazole rings is 1. The molecule has 0 aliphatic heterocycles. The van der Waals surface area contributed by atoms with Crippen molar-refractivity contribution in [2.24, 2.45) is 0 Å². The molecule has 0 aliphatic carbocycles. The van der Waals surface area contributed by atoms with Gasteiger partial charge in [0.1, 0.15) is 16.7 Å². The van der Waals surface area contributed by atoms with E-state index in [0.29, 0.717) is 10.6 Å². The van der Waals surface area contributed by atoms with E-state index >= 15 is 0 Å². The summed E-state index contributed by atoms with van der Waals surface area (Å²) in [5, 5.41) is 20.6. The molecule has 1 unspecified atom stereocenters. The molecule has 2 N–H and O–H groups in total. The van der Waals surface area contributed by atoms with Crippen LogP contribution in [0.5, 0.6) is 5.75 Å². The van der Waals surface area contributed by atoms with Gasteiger partial charge in [0.25, 0.3) is 0 Å². The number of carboxylic acids is 1. The number of benzene rings is 1. The maximum absolute atomic E-state index is 11.2. The third-order valence-corrected chi connectivity index (χ3v) is 3.01. The Balaban J connectivity index is 2.41. The van der Waals surface area contributed by atoms with E-state index in [0.717, 1.165) is 0 Å². The van der Waals surface area contributed by atoms with Crippen molar-refractivity contribution in [2.75, 3.05) is 0 Å². The Morgan fingerprint density at radius 1 is 1.31 bits per heavy atom. The fraction of sp³-hybridized carbons (Fsp3) is 0.0909. The van der Waals surface area contributed by atoms with Gasteiger partial charge in [0.2, 0.25) is 0 Å². The lowest BCUT2D eigenvalue weighted by atomic mass is 10.00.